The van der Waals surface area contributed by atoms with Crippen molar-refractivity contribution in [3.8, 4) is 11.3 Å². The van der Waals surface area contributed by atoms with E-state index in [0.29, 0.717) is 11.7 Å². The van der Waals surface area contributed by atoms with E-state index in [4.69, 9.17) is 4.98 Å². The van der Waals surface area contributed by atoms with E-state index >= 15 is 0 Å². The highest BCUT2D eigenvalue weighted by atomic mass is 32.2. The molecule has 9 heteroatoms. The fraction of sp³-hybridized carbons (Fsp3) is 0.0968. The van der Waals surface area contributed by atoms with Crippen LogP contribution in [0.25, 0.3) is 11.3 Å². The molecule has 3 heterocycles. The number of amides is 1. The Morgan fingerprint density at radius 1 is 0.900 bits per heavy atom. The van der Waals surface area contributed by atoms with Crippen LogP contribution in [0.3, 0.4) is 0 Å². The summed E-state index contributed by atoms with van der Waals surface area (Å²) in [6.07, 6.45) is 1.92. The van der Waals surface area contributed by atoms with E-state index in [0.717, 1.165) is 33.6 Å². The normalized spacial score (nSPS) is 19.2. The predicted octanol–water partition coefficient (Wildman–Crippen LogP) is 6.29. The standard InChI is InChI=1S/C31H23N5O3S/c37-29-31(25-13-7-8-14-27(25)34(29)19-21-9-3-1-4-10-21)28(23-15-17-24(18-16-23)36(38)39)40-30-32-26(20-35(30)33-31)22-11-5-2-6-12-22/h1-18,20,28,33H,19H2. The third kappa shape index (κ3) is 3.77. The van der Waals surface area contributed by atoms with Gasteiger partial charge in [0.05, 0.1) is 34.3 Å². The molecule has 0 radical (unpaired) electrons. The third-order valence-electron chi connectivity index (χ3n) is 7.45. The second kappa shape index (κ2) is 9.39. The van der Waals surface area contributed by atoms with E-state index < -0.39 is 15.7 Å². The minimum absolute atomic E-state index is 0.00304. The number of non-ortho nitro benzene ring substituents is 1. The first-order valence-corrected chi connectivity index (χ1v) is 13.7. The average Bonchev–Trinajstić information content (AvgIpc) is 3.51. The number of thioether (sulfide) groups is 1. The van der Waals surface area contributed by atoms with Crippen molar-refractivity contribution in [2.75, 3.05) is 10.3 Å². The number of benzene rings is 4. The molecule has 0 aliphatic carbocycles. The summed E-state index contributed by atoms with van der Waals surface area (Å²) in [5.74, 6) is -0.0889. The Balaban J connectivity index is 1.39. The second-order valence-corrected chi connectivity index (χ2v) is 10.9. The van der Waals surface area contributed by atoms with Gasteiger partial charge >= 0.3 is 0 Å². The summed E-state index contributed by atoms with van der Waals surface area (Å²) in [7, 11) is 0. The van der Waals surface area contributed by atoms with Crippen molar-refractivity contribution in [2.45, 2.75) is 22.5 Å². The average molecular weight is 546 g/mol. The Morgan fingerprint density at radius 3 is 2.30 bits per heavy atom. The number of aromatic nitrogens is 2. The van der Waals surface area contributed by atoms with Crippen molar-refractivity contribution < 1.29 is 9.72 Å². The van der Waals surface area contributed by atoms with Crippen LogP contribution in [-0.2, 0) is 16.9 Å². The van der Waals surface area contributed by atoms with Gasteiger partial charge in [0.25, 0.3) is 11.6 Å². The number of nitro groups is 1. The first kappa shape index (κ1) is 24.2. The maximum Gasteiger partial charge on any atom is 0.269 e. The van der Waals surface area contributed by atoms with Crippen LogP contribution < -0.4 is 10.3 Å². The van der Waals surface area contributed by atoms with Gasteiger partial charge in [-0.05, 0) is 17.2 Å². The number of imidazole rings is 1. The molecule has 0 bridgehead atoms. The molecule has 5 aromatic rings. The molecule has 4 aromatic carbocycles. The lowest BCUT2D eigenvalue weighted by atomic mass is 9.84. The van der Waals surface area contributed by atoms with Crippen molar-refractivity contribution in [2.24, 2.45) is 0 Å². The van der Waals surface area contributed by atoms with Gasteiger partial charge in [-0.3, -0.25) is 14.9 Å². The fourth-order valence-electron chi connectivity index (χ4n) is 5.57. The number of nitrogens with one attached hydrogen (secondary N) is 1. The third-order valence-corrected chi connectivity index (χ3v) is 8.81. The minimum atomic E-state index is -1.17. The van der Waals surface area contributed by atoms with Crippen LogP contribution in [-0.4, -0.2) is 20.5 Å². The smallest absolute Gasteiger partial charge is 0.269 e. The highest BCUT2D eigenvalue weighted by Crippen LogP contribution is 2.57. The van der Waals surface area contributed by atoms with E-state index in [1.54, 1.807) is 12.1 Å². The van der Waals surface area contributed by atoms with Gasteiger partial charge in [0.1, 0.15) is 0 Å². The number of rotatable bonds is 5. The molecule has 0 saturated carbocycles. The van der Waals surface area contributed by atoms with Crippen LogP contribution in [0, 0.1) is 10.1 Å². The number of carbonyl (C=O) groups is 1. The highest BCUT2D eigenvalue weighted by Gasteiger charge is 2.59. The lowest BCUT2D eigenvalue weighted by molar-refractivity contribution is -0.384. The maximum absolute atomic E-state index is 14.7. The van der Waals surface area contributed by atoms with Crippen molar-refractivity contribution in [3.63, 3.8) is 0 Å². The lowest BCUT2D eigenvalue weighted by Crippen LogP contribution is -2.54. The van der Waals surface area contributed by atoms with Gasteiger partial charge in [-0.2, -0.15) is 0 Å². The van der Waals surface area contributed by atoms with Crippen molar-refractivity contribution >= 4 is 29.0 Å². The van der Waals surface area contributed by atoms with Crippen LogP contribution in [0.15, 0.2) is 121 Å². The molecule has 0 saturated heterocycles. The topological polar surface area (TPSA) is 93.3 Å². The molecule has 40 heavy (non-hydrogen) atoms. The number of anilines is 1. The summed E-state index contributed by atoms with van der Waals surface area (Å²) in [4.78, 5) is 32.4. The quantitative estimate of drug-likeness (QED) is 0.206. The molecule has 196 valence electrons. The summed E-state index contributed by atoms with van der Waals surface area (Å²) in [6, 6.07) is 34.1. The molecule has 0 fully saturated rings. The summed E-state index contributed by atoms with van der Waals surface area (Å²) >= 11 is 1.48. The molecular formula is C31H23N5O3S. The van der Waals surface area contributed by atoms with Crippen LogP contribution >= 0.6 is 11.8 Å². The van der Waals surface area contributed by atoms with E-state index in [2.05, 4.69) is 5.43 Å². The highest BCUT2D eigenvalue weighted by molar-refractivity contribution is 7.99. The van der Waals surface area contributed by atoms with Crippen molar-refractivity contribution in [1.82, 2.24) is 9.66 Å². The number of fused-ring (bicyclic) bond motifs is 3. The van der Waals surface area contributed by atoms with E-state index in [9.17, 15) is 14.9 Å². The van der Waals surface area contributed by atoms with E-state index in [1.165, 1.54) is 23.9 Å². The Morgan fingerprint density at radius 2 is 1.57 bits per heavy atom. The Labute approximate surface area is 234 Å². The van der Waals surface area contributed by atoms with Crippen LogP contribution in [0.2, 0.25) is 0 Å². The van der Waals surface area contributed by atoms with Gasteiger partial charge in [-0.25, -0.2) is 9.66 Å². The monoisotopic (exact) mass is 545 g/mol. The summed E-state index contributed by atoms with van der Waals surface area (Å²) < 4.78 is 1.84. The minimum Gasteiger partial charge on any atom is -0.305 e. The first-order chi connectivity index (χ1) is 19.5. The molecule has 1 amide bonds. The number of nitro benzene ring substituents is 1. The molecule has 7 rings (SSSR count). The molecule has 1 N–H and O–H groups in total. The molecule has 2 aliphatic heterocycles. The number of hydrogen-bond donors (Lipinski definition) is 1. The Bertz CT molecular complexity index is 1740. The Hall–Kier alpha value is -4.89. The van der Waals surface area contributed by atoms with Gasteiger partial charge < -0.3 is 10.3 Å². The zero-order valence-corrected chi connectivity index (χ0v) is 22.0. The fourth-order valence-corrected chi connectivity index (χ4v) is 6.89. The van der Waals surface area contributed by atoms with Gasteiger partial charge in [0.2, 0.25) is 0 Å². The lowest BCUT2D eigenvalue weighted by Gasteiger charge is -2.41. The van der Waals surface area contributed by atoms with Crippen molar-refractivity contribution in [3.05, 3.63) is 142 Å². The molecule has 8 nitrogen and oxygen atoms in total. The van der Waals surface area contributed by atoms with Crippen molar-refractivity contribution in [1.29, 1.82) is 0 Å². The van der Waals surface area contributed by atoms with Crippen LogP contribution in [0.4, 0.5) is 11.4 Å². The maximum atomic E-state index is 14.7. The molecule has 2 aliphatic rings. The molecule has 2 unspecified atom stereocenters. The number of carbonyl (C=O) groups excluding carboxylic acids is 1. The Kier molecular flexibility index (Phi) is 5.67. The van der Waals surface area contributed by atoms with E-state index in [-0.39, 0.29) is 11.6 Å². The zero-order chi connectivity index (χ0) is 27.3. The van der Waals surface area contributed by atoms with Gasteiger partial charge in [-0.15, -0.1) is 0 Å². The summed E-state index contributed by atoms with van der Waals surface area (Å²) in [5, 5.41) is 11.7. The van der Waals surface area contributed by atoms with Crippen LogP contribution in [0.5, 0.6) is 0 Å². The van der Waals surface area contributed by atoms with E-state index in [1.807, 2.05) is 101 Å². The molecule has 1 aromatic heterocycles. The number of hydrogen-bond acceptors (Lipinski definition) is 6. The zero-order valence-electron chi connectivity index (χ0n) is 21.2. The van der Waals surface area contributed by atoms with Crippen LogP contribution in [0.1, 0.15) is 21.9 Å². The second-order valence-electron chi connectivity index (χ2n) is 9.81. The molecular weight excluding hydrogens is 522 g/mol. The summed E-state index contributed by atoms with van der Waals surface area (Å²) in [5.41, 5.74) is 7.67. The summed E-state index contributed by atoms with van der Waals surface area (Å²) in [6.45, 7) is 0.420. The molecule has 1 spiro atoms. The largest absolute Gasteiger partial charge is 0.305 e. The first-order valence-electron chi connectivity index (χ1n) is 12.8. The molecule has 2 atom stereocenters. The van der Waals surface area contributed by atoms with Gasteiger partial charge in [0.15, 0.2) is 10.7 Å². The predicted molar refractivity (Wildman–Crippen MR) is 154 cm³/mol. The SMILES string of the molecule is O=C1N(Cc2ccccc2)c2ccccc2C12Nn1cc(-c3ccccc3)nc1SC2c1ccc([N+](=O)[O-])cc1. The number of para-hydroxylation sites is 1. The number of nitrogens with zero attached hydrogens (tertiary/aromatic N) is 4. The van der Waals surface area contributed by atoms with Gasteiger partial charge in [-0.1, -0.05) is 103 Å². The van der Waals surface area contributed by atoms with Gasteiger partial charge in [0, 0.05) is 23.3 Å².